The molecule has 0 aromatic heterocycles. The smallest absolute Gasteiger partial charge is 0.319 e. The monoisotopic (exact) mass is 341 g/mol. The van der Waals surface area contributed by atoms with Crippen molar-refractivity contribution in [2.75, 3.05) is 52.4 Å². The molecule has 1 atom stereocenters. The Hall–Kier alpha value is -0.930. The molecular weight excluding hydrogens is 318 g/mol. The molecule has 0 bridgehead atoms. The van der Waals surface area contributed by atoms with Gasteiger partial charge in [-0.25, -0.2) is 8.78 Å². The number of hydrogen-bond acceptors (Lipinski definition) is 4. The predicted octanol–water partition coefficient (Wildman–Crippen LogP) is 0.800. The van der Waals surface area contributed by atoms with E-state index in [1.165, 1.54) is 4.90 Å². The fourth-order valence-corrected chi connectivity index (χ4v) is 2.76. The Balaban J connectivity index is 1.63. The summed E-state index contributed by atoms with van der Waals surface area (Å²) in [5.41, 5.74) is 0. The van der Waals surface area contributed by atoms with Crippen LogP contribution in [0.1, 0.15) is 12.8 Å². The van der Waals surface area contributed by atoms with Gasteiger partial charge in [-0.05, 0) is 12.8 Å². The fraction of sp³-hybridized carbons (Fsp3) is 0.929. The maximum Gasteiger partial charge on any atom is 0.319 e. The van der Waals surface area contributed by atoms with E-state index in [1.807, 2.05) is 4.90 Å². The number of nitrogens with zero attached hydrogens (tertiary/aromatic N) is 2. The number of rotatable bonds is 7. The first kappa shape index (κ1) is 18.4. The molecule has 9 heteroatoms. The van der Waals surface area contributed by atoms with Gasteiger partial charge in [-0.2, -0.15) is 8.78 Å². The van der Waals surface area contributed by atoms with Crippen LogP contribution in [0.2, 0.25) is 0 Å². The van der Waals surface area contributed by atoms with Crippen molar-refractivity contribution in [3.63, 3.8) is 0 Å². The van der Waals surface area contributed by atoms with Gasteiger partial charge in [0, 0.05) is 39.3 Å². The molecule has 0 spiro atoms. The number of piperazine rings is 1. The normalized spacial score (nSPS) is 24.3. The molecule has 0 unspecified atom stereocenters. The van der Waals surface area contributed by atoms with Gasteiger partial charge in [0.25, 0.3) is 0 Å². The molecule has 1 N–H and O–H groups in total. The third-order valence-electron chi connectivity index (χ3n) is 4.14. The highest BCUT2D eigenvalue weighted by atomic mass is 19.3. The number of alkyl halides is 4. The molecule has 2 aliphatic rings. The van der Waals surface area contributed by atoms with Gasteiger partial charge < -0.3 is 10.1 Å². The highest BCUT2D eigenvalue weighted by Gasteiger charge is 2.42. The molecule has 1 amide bonds. The van der Waals surface area contributed by atoms with Crippen LogP contribution in [-0.4, -0.2) is 86.6 Å². The minimum Gasteiger partial charge on any atom is -0.376 e. The number of carbonyl (C=O) groups is 1. The second-order valence-electron chi connectivity index (χ2n) is 6.05. The third-order valence-corrected chi connectivity index (χ3v) is 4.14. The van der Waals surface area contributed by atoms with Crippen molar-refractivity contribution in [1.82, 2.24) is 15.1 Å². The number of ether oxygens (including phenoxy) is 1. The largest absolute Gasteiger partial charge is 0.376 e. The van der Waals surface area contributed by atoms with Crippen molar-refractivity contribution in [1.29, 1.82) is 0 Å². The highest BCUT2D eigenvalue weighted by molar-refractivity contribution is 5.78. The Morgan fingerprint density at radius 3 is 2.43 bits per heavy atom. The first-order valence-electron chi connectivity index (χ1n) is 7.86. The van der Waals surface area contributed by atoms with Gasteiger partial charge >= 0.3 is 12.3 Å². The van der Waals surface area contributed by atoms with E-state index >= 15 is 0 Å². The van der Waals surface area contributed by atoms with E-state index in [0.717, 1.165) is 19.4 Å². The van der Waals surface area contributed by atoms with Crippen LogP contribution in [0.3, 0.4) is 0 Å². The summed E-state index contributed by atoms with van der Waals surface area (Å²) in [5.74, 6) is -4.12. The lowest BCUT2D eigenvalue weighted by Crippen LogP contribution is -2.53. The number of hydrogen-bond donors (Lipinski definition) is 1. The van der Waals surface area contributed by atoms with E-state index in [0.29, 0.717) is 19.6 Å². The van der Waals surface area contributed by atoms with Crippen LogP contribution >= 0.6 is 0 Å². The molecule has 5 nitrogen and oxygen atoms in total. The summed E-state index contributed by atoms with van der Waals surface area (Å²) >= 11 is 0. The molecule has 0 saturated carbocycles. The Kier molecular flexibility index (Phi) is 6.60. The molecular formula is C14H23F4N3O2. The van der Waals surface area contributed by atoms with E-state index in [-0.39, 0.29) is 31.6 Å². The number of nitrogens with one attached hydrogen (secondary N) is 1. The third kappa shape index (κ3) is 5.89. The Labute approximate surface area is 132 Å². The molecule has 0 aromatic carbocycles. The van der Waals surface area contributed by atoms with E-state index < -0.39 is 18.9 Å². The zero-order valence-corrected chi connectivity index (χ0v) is 12.9. The minimum atomic E-state index is -3.99. The zero-order valence-electron chi connectivity index (χ0n) is 12.9. The fourth-order valence-electron chi connectivity index (χ4n) is 2.76. The van der Waals surface area contributed by atoms with E-state index in [1.54, 1.807) is 0 Å². The SMILES string of the molecule is O=C(CN1CCN(CC(F)(F)C(F)F)CC1)NC[C@@H]1CCCO1. The molecule has 2 rings (SSSR count). The molecule has 2 fully saturated rings. The molecule has 0 radical (unpaired) electrons. The Morgan fingerprint density at radius 1 is 1.22 bits per heavy atom. The second kappa shape index (κ2) is 8.25. The minimum absolute atomic E-state index is 0.0763. The number of amides is 1. The Bertz CT molecular complexity index is 384. The van der Waals surface area contributed by atoms with Crippen LogP contribution < -0.4 is 5.32 Å². The topological polar surface area (TPSA) is 44.8 Å². The summed E-state index contributed by atoms with van der Waals surface area (Å²) in [5, 5.41) is 2.80. The quantitative estimate of drug-likeness (QED) is 0.696. The first-order valence-corrected chi connectivity index (χ1v) is 7.86. The van der Waals surface area contributed by atoms with E-state index in [4.69, 9.17) is 4.74 Å². The summed E-state index contributed by atoms with van der Waals surface area (Å²) in [6, 6.07) is 0. The van der Waals surface area contributed by atoms with Crippen LogP contribution in [0, 0.1) is 0 Å². The maximum absolute atomic E-state index is 13.0. The van der Waals surface area contributed by atoms with Crippen molar-refractivity contribution in [2.24, 2.45) is 0 Å². The van der Waals surface area contributed by atoms with Crippen LogP contribution in [-0.2, 0) is 9.53 Å². The average Bonchev–Trinajstić information content (AvgIpc) is 3.00. The second-order valence-corrected chi connectivity index (χ2v) is 6.05. The van der Waals surface area contributed by atoms with Gasteiger partial charge in [0.1, 0.15) is 0 Å². The summed E-state index contributed by atoms with van der Waals surface area (Å²) in [4.78, 5) is 15.0. The zero-order chi connectivity index (χ0) is 16.9. The maximum atomic E-state index is 13.0. The van der Waals surface area contributed by atoms with Gasteiger partial charge in [-0.1, -0.05) is 0 Å². The first-order chi connectivity index (χ1) is 10.9. The van der Waals surface area contributed by atoms with Crippen molar-refractivity contribution >= 4 is 5.91 Å². The lowest BCUT2D eigenvalue weighted by atomic mass is 10.2. The summed E-state index contributed by atoms with van der Waals surface area (Å²) < 4.78 is 55.8. The van der Waals surface area contributed by atoms with Crippen LogP contribution in [0.15, 0.2) is 0 Å². The van der Waals surface area contributed by atoms with Crippen LogP contribution in [0.5, 0.6) is 0 Å². The molecule has 2 aliphatic heterocycles. The lowest BCUT2D eigenvalue weighted by Gasteiger charge is -2.35. The summed E-state index contributed by atoms with van der Waals surface area (Å²) in [6.07, 6.45) is -1.63. The Morgan fingerprint density at radius 2 is 1.87 bits per heavy atom. The molecule has 0 aromatic rings. The van der Waals surface area contributed by atoms with E-state index in [2.05, 4.69) is 5.32 Å². The predicted molar refractivity (Wildman–Crippen MR) is 75.8 cm³/mol. The van der Waals surface area contributed by atoms with Gasteiger partial charge in [-0.15, -0.1) is 0 Å². The molecule has 2 saturated heterocycles. The van der Waals surface area contributed by atoms with Crippen LogP contribution in [0.25, 0.3) is 0 Å². The van der Waals surface area contributed by atoms with E-state index in [9.17, 15) is 22.4 Å². The van der Waals surface area contributed by atoms with Gasteiger partial charge in [-0.3, -0.25) is 14.6 Å². The standard InChI is InChI=1S/C14H23F4N3O2/c15-13(16)14(17,18)10-21-5-3-20(4-6-21)9-12(22)19-8-11-2-1-7-23-11/h11,13H,1-10H2,(H,19,22)/t11-/m0/s1. The van der Waals surface area contributed by atoms with Gasteiger partial charge in [0.15, 0.2) is 0 Å². The molecule has 134 valence electrons. The van der Waals surface area contributed by atoms with Crippen molar-refractivity contribution in [3.8, 4) is 0 Å². The number of halogens is 4. The molecule has 23 heavy (non-hydrogen) atoms. The van der Waals surface area contributed by atoms with Crippen molar-refractivity contribution in [2.45, 2.75) is 31.3 Å². The van der Waals surface area contributed by atoms with Crippen molar-refractivity contribution in [3.05, 3.63) is 0 Å². The summed E-state index contributed by atoms with van der Waals surface area (Å²) in [6.45, 7) is 1.78. The number of carbonyl (C=O) groups excluding carboxylic acids is 1. The van der Waals surface area contributed by atoms with Gasteiger partial charge in [0.2, 0.25) is 5.91 Å². The highest BCUT2D eigenvalue weighted by Crippen LogP contribution is 2.24. The summed E-state index contributed by atoms with van der Waals surface area (Å²) in [7, 11) is 0. The average molecular weight is 341 g/mol. The van der Waals surface area contributed by atoms with Crippen molar-refractivity contribution < 1.29 is 27.1 Å². The lowest BCUT2D eigenvalue weighted by molar-refractivity contribution is -0.145. The van der Waals surface area contributed by atoms with Crippen LogP contribution in [0.4, 0.5) is 17.6 Å². The van der Waals surface area contributed by atoms with Gasteiger partial charge in [0.05, 0.1) is 19.2 Å². The molecule has 2 heterocycles. The molecule has 0 aliphatic carbocycles.